The molecule has 1 fully saturated rings. The van der Waals surface area contributed by atoms with Gasteiger partial charge in [0.05, 0.1) is 7.11 Å². The van der Waals surface area contributed by atoms with Crippen molar-refractivity contribution < 1.29 is 23.9 Å². The highest BCUT2D eigenvalue weighted by atomic mass is 16.6. The lowest BCUT2D eigenvalue weighted by Crippen LogP contribution is -2.48. The number of methoxy groups -OCH3 is 1. The maximum Gasteiger partial charge on any atom is 0.410 e. The number of carbonyl (C=O) groups excluding carboxylic acids is 3. The third-order valence-corrected chi connectivity index (χ3v) is 4.79. The van der Waals surface area contributed by atoms with Crippen molar-refractivity contribution in [3.63, 3.8) is 0 Å². The van der Waals surface area contributed by atoms with Crippen LogP contribution in [0.4, 0.5) is 4.79 Å². The smallest absolute Gasteiger partial charge is 0.410 e. The van der Waals surface area contributed by atoms with Crippen LogP contribution in [0.3, 0.4) is 0 Å². The monoisotopic (exact) mass is 345 g/mol. The van der Waals surface area contributed by atoms with Gasteiger partial charge in [-0.05, 0) is 12.0 Å². The van der Waals surface area contributed by atoms with E-state index in [1.165, 1.54) is 12.0 Å². The molecular weight excluding hydrogens is 322 g/mol. The van der Waals surface area contributed by atoms with Crippen molar-refractivity contribution in [2.45, 2.75) is 26.0 Å². The molecule has 1 aromatic carbocycles. The number of esters is 1. The van der Waals surface area contributed by atoms with Crippen molar-refractivity contribution >= 4 is 18.3 Å². The fraction of sp³-hybridized carbons (Fsp3) is 0.421. The Morgan fingerprint density at radius 2 is 2.04 bits per heavy atom. The van der Waals surface area contributed by atoms with Gasteiger partial charge in [0.1, 0.15) is 18.9 Å². The Bertz CT molecular complexity index is 644. The molecule has 1 aromatic rings. The summed E-state index contributed by atoms with van der Waals surface area (Å²) in [6, 6.07) is 8.35. The van der Waals surface area contributed by atoms with E-state index in [1.807, 2.05) is 30.3 Å². The van der Waals surface area contributed by atoms with Crippen molar-refractivity contribution in [1.82, 2.24) is 4.90 Å². The normalized spacial score (nSPS) is 25.3. The molecule has 0 N–H and O–H groups in total. The predicted molar refractivity (Wildman–Crippen MR) is 91.6 cm³/mol. The second-order valence-corrected chi connectivity index (χ2v) is 6.36. The summed E-state index contributed by atoms with van der Waals surface area (Å²) in [5.41, 5.74) is 0.0629. The first-order valence-electron chi connectivity index (χ1n) is 8.09. The van der Waals surface area contributed by atoms with E-state index >= 15 is 0 Å². The number of aldehydes is 1. The van der Waals surface area contributed by atoms with Gasteiger partial charge in [0.25, 0.3) is 0 Å². The van der Waals surface area contributed by atoms with Gasteiger partial charge in [-0.2, -0.15) is 0 Å². The summed E-state index contributed by atoms with van der Waals surface area (Å²) in [6.45, 7) is 5.70. The number of rotatable bonds is 6. The predicted octanol–water partition coefficient (Wildman–Crippen LogP) is 2.58. The van der Waals surface area contributed by atoms with E-state index in [1.54, 1.807) is 13.0 Å². The van der Waals surface area contributed by atoms with Crippen LogP contribution >= 0.6 is 0 Å². The molecule has 0 aromatic heterocycles. The molecule has 6 heteroatoms. The summed E-state index contributed by atoms with van der Waals surface area (Å²) >= 11 is 0. The van der Waals surface area contributed by atoms with Crippen molar-refractivity contribution in [2.24, 2.45) is 11.3 Å². The Labute approximate surface area is 147 Å². The molecule has 0 radical (unpaired) electrons. The number of likely N-dealkylation sites (tertiary alicyclic amines) is 1. The minimum Gasteiger partial charge on any atom is -0.467 e. The molecule has 1 heterocycles. The molecule has 1 aliphatic heterocycles. The van der Waals surface area contributed by atoms with Crippen molar-refractivity contribution in [2.75, 3.05) is 13.7 Å². The van der Waals surface area contributed by atoms with Gasteiger partial charge in [-0.3, -0.25) is 4.90 Å². The second-order valence-electron chi connectivity index (χ2n) is 6.36. The third-order valence-electron chi connectivity index (χ3n) is 4.79. The van der Waals surface area contributed by atoms with E-state index in [2.05, 4.69) is 6.58 Å². The Balaban J connectivity index is 2.21. The van der Waals surface area contributed by atoms with Crippen LogP contribution < -0.4 is 0 Å². The highest BCUT2D eigenvalue weighted by molar-refractivity contribution is 5.84. The molecule has 0 saturated carbocycles. The molecule has 1 amide bonds. The van der Waals surface area contributed by atoms with Gasteiger partial charge in [-0.1, -0.05) is 43.3 Å². The lowest BCUT2D eigenvalue weighted by molar-refractivity contribution is -0.149. The minimum absolute atomic E-state index is 0.0913. The molecule has 0 aliphatic carbocycles. The summed E-state index contributed by atoms with van der Waals surface area (Å²) in [6.07, 6.45) is 2.19. The van der Waals surface area contributed by atoms with Crippen LogP contribution in [-0.2, 0) is 25.7 Å². The van der Waals surface area contributed by atoms with Crippen LogP contribution in [0.25, 0.3) is 0 Å². The zero-order valence-electron chi connectivity index (χ0n) is 14.5. The van der Waals surface area contributed by atoms with E-state index in [9.17, 15) is 14.4 Å². The van der Waals surface area contributed by atoms with Gasteiger partial charge in [0.15, 0.2) is 0 Å². The highest BCUT2D eigenvalue weighted by Gasteiger charge is 2.56. The minimum atomic E-state index is -0.894. The average molecular weight is 345 g/mol. The number of ether oxygens (including phenoxy) is 2. The molecule has 1 saturated heterocycles. The fourth-order valence-electron chi connectivity index (χ4n) is 3.35. The first-order chi connectivity index (χ1) is 12.0. The number of hydrogen-bond acceptors (Lipinski definition) is 5. The summed E-state index contributed by atoms with van der Waals surface area (Å²) in [5.74, 6) is -1.07. The van der Waals surface area contributed by atoms with Crippen molar-refractivity contribution in [3.05, 3.63) is 48.6 Å². The highest BCUT2D eigenvalue weighted by Crippen LogP contribution is 2.44. The maximum absolute atomic E-state index is 12.6. The van der Waals surface area contributed by atoms with Gasteiger partial charge in [-0.25, -0.2) is 9.59 Å². The lowest BCUT2D eigenvalue weighted by Gasteiger charge is -2.33. The molecule has 134 valence electrons. The third kappa shape index (κ3) is 3.73. The average Bonchev–Trinajstić information content (AvgIpc) is 2.92. The van der Waals surface area contributed by atoms with Crippen LogP contribution in [0, 0.1) is 11.3 Å². The summed E-state index contributed by atoms with van der Waals surface area (Å²) in [7, 11) is 1.26. The number of carbonyl (C=O) groups is 3. The summed E-state index contributed by atoms with van der Waals surface area (Å²) in [4.78, 5) is 37.7. The zero-order chi connectivity index (χ0) is 18.4. The largest absolute Gasteiger partial charge is 0.467 e. The molecule has 6 nitrogen and oxygen atoms in total. The van der Waals surface area contributed by atoms with E-state index in [0.29, 0.717) is 6.42 Å². The second kappa shape index (κ2) is 7.96. The Kier molecular flexibility index (Phi) is 5.96. The van der Waals surface area contributed by atoms with Gasteiger partial charge in [0, 0.05) is 17.9 Å². The molecule has 3 atom stereocenters. The SMILES string of the molecule is C=CCC1(C)C(C=O)CN(C(=O)OCc2ccccc2)C1C(=O)OC. The van der Waals surface area contributed by atoms with Crippen LogP contribution in [0.2, 0.25) is 0 Å². The first kappa shape index (κ1) is 18.7. The van der Waals surface area contributed by atoms with Gasteiger partial charge in [-0.15, -0.1) is 6.58 Å². The van der Waals surface area contributed by atoms with Crippen molar-refractivity contribution in [3.8, 4) is 0 Å². The number of benzene rings is 1. The van der Waals surface area contributed by atoms with E-state index < -0.39 is 29.4 Å². The van der Waals surface area contributed by atoms with Gasteiger partial charge in [0.2, 0.25) is 0 Å². The van der Waals surface area contributed by atoms with Crippen LogP contribution in [0.1, 0.15) is 18.9 Å². The molecule has 0 spiro atoms. The van der Waals surface area contributed by atoms with Gasteiger partial charge >= 0.3 is 12.1 Å². The summed E-state index contributed by atoms with van der Waals surface area (Å²) < 4.78 is 10.2. The van der Waals surface area contributed by atoms with E-state index in [0.717, 1.165) is 11.8 Å². The molecule has 3 unspecified atom stereocenters. The number of allylic oxidation sites excluding steroid dienone is 1. The van der Waals surface area contributed by atoms with Gasteiger partial charge < -0.3 is 14.3 Å². The fourth-order valence-corrected chi connectivity index (χ4v) is 3.35. The number of hydrogen-bond donors (Lipinski definition) is 0. The molecule has 2 rings (SSSR count). The van der Waals surface area contributed by atoms with Crippen LogP contribution in [0.5, 0.6) is 0 Å². The number of amides is 1. The topological polar surface area (TPSA) is 72.9 Å². The first-order valence-corrected chi connectivity index (χ1v) is 8.09. The Hall–Kier alpha value is -2.63. The standard InChI is InChI=1S/C19H23NO5/c1-4-10-19(2)15(12-21)11-20(16(19)17(22)24-3)18(23)25-13-14-8-6-5-7-9-14/h4-9,12,15-16H,1,10-11,13H2,2-3H3. The maximum atomic E-state index is 12.6. The summed E-state index contributed by atoms with van der Waals surface area (Å²) in [5, 5.41) is 0. The Morgan fingerprint density at radius 3 is 2.60 bits per heavy atom. The Morgan fingerprint density at radius 1 is 1.36 bits per heavy atom. The van der Waals surface area contributed by atoms with Crippen molar-refractivity contribution in [1.29, 1.82) is 0 Å². The molecule has 25 heavy (non-hydrogen) atoms. The zero-order valence-corrected chi connectivity index (χ0v) is 14.5. The molecule has 1 aliphatic rings. The quantitative estimate of drug-likeness (QED) is 0.450. The molecular formula is C19H23NO5. The van der Waals surface area contributed by atoms with E-state index in [4.69, 9.17) is 9.47 Å². The molecule has 0 bridgehead atoms. The van der Waals surface area contributed by atoms with E-state index in [-0.39, 0.29) is 13.2 Å². The van der Waals surface area contributed by atoms with Crippen LogP contribution in [-0.4, -0.2) is 42.9 Å². The van der Waals surface area contributed by atoms with Crippen LogP contribution in [0.15, 0.2) is 43.0 Å². The number of nitrogens with zero attached hydrogens (tertiary/aromatic N) is 1. The lowest BCUT2D eigenvalue weighted by atomic mass is 9.73.